The van der Waals surface area contributed by atoms with E-state index in [0.717, 1.165) is 5.69 Å². The van der Waals surface area contributed by atoms with Gasteiger partial charge in [-0.05, 0) is 12.8 Å². The van der Waals surface area contributed by atoms with Crippen molar-refractivity contribution in [2.75, 3.05) is 5.75 Å². The van der Waals surface area contributed by atoms with E-state index in [4.69, 9.17) is 0 Å². The largest absolute Gasteiger partial charge is 0.480 e. The van der Waals surface area contributed by atoms with Crippen LogP contribution in [-0.2, 0) is 11.8 Å². The number of aliphatic carboxylic acids is 1. The van der Waals surface area contributed by atoms with Gasteiger partial charge in [-0.25, -0.2) is 4.79 Å². The van der Waals surface area contributed by atoms with Gasteiger partial charge < -0.3 is 10.0 Å². The fraction of sp³-hybridized carbons (Fsp3) is 0.615. The number of aryl methyl sites for hydroxylation is 1. The van der Waals surface area contributed by atoms with Gasteiger partial charge >= 0.3 is 5.97 Å². The Hall–Kier alpha value is -1.50. The summed E-state index contributed by atoms with van der Waals surface area (Å²) in [4.78, 5) is 25.6. The first-order valence-electron chi connectivity index (χ1n) is 6.50. The molecule has 1 aromatic rings. The topological polar surface area (TPSA) is 75.4 Å². The van der Waals surface area contributed by atoms with E-state index >= 15 is 0 Å². The molecule has 0 radical (unpaired) electrons. The van der Waals surface area contributed by atoms with Gasteiger partial charge in [0.1, 0.15) is 6.04 Å². The molecule has 2 rings (SSSR count). The fourth-order valence-corrected chi connectivity index (χ4v) is 3.81. The molecule has 1 aliphatic rings. The van der Waals surface area contributed by atoms with Crippen LogP contribution in [0.3, 0.4) is 0 Å². The molecule has 2 heterocycles. The van der Waals surface area contributed by atoms with Crippen LogP contribution in [-0.4, -0.2) is 48.8 Å². The monoisotopic (exact) mass is 297 g/mol. The van der Waals surface area contributed by atoms with Gasteiger partial charge in [0.15, 0.2) is 0 Å². The number of carbonyl (C=O) groups excluding carboxylic acids is 1. The molecule has 2 atom stereocenters. The van der Waals surface area contributed by atoms with Crippen LogP contribution in [0.1, 0.15) is 29.9 Å². The van der Waals surface area contributed by atoms with E-state index in [1.165, 1.54) is 22.9 Å². The summed E-state index contributed by atoms with van der Waals surface area (Å²) in [6, 6.07) is -0.764. The maximum absolute atomic E-state index is 12.7. The normalized spacial score (nSPS) is 22.6. The molecule has 6 nitrogen and oxygen atoms in total. The molecule has 1 aliphatic heterocycles. The van der Waals surface area contributed by atoms with Crippen molar-refractivity contribution in [3.05, 3.63) is 17.5 Å². The Kier molecular flexibility index (Phi) is 4.08. The second kappa shape index (κ2) is 5.47. The SMILES string of the molecule is Cc1c(C(=O)N2C(C(=O)O)CSC2C(C)C)cnn1C. The molecule has 20 heavy (non-hydrogen) atoms. The maximum atomic E-state index is 12.7. The maximum Gasteiger partial charge on any atom is 0.327 e. The number of carboxylic acid groups (broad SMARTS) is 1. The number of aromatic nitrogens is 2. The molecule has 0 saturated carbocycles. The van der Waals surface area contributed by atoms with Crippen LogP contribution in [0.25, 0.3) is 0 Å². The standard InChI is InChI=1S/C13H19N3O3S/c1-7(2)12-16(10(6-20-12)13(18)19)11(17)9-5-14-15(4)8(9)3/h5,7,10,12H,6H2,1-4H3,(H,18,19). The zero-order valence-corrected chi connectivity index (χ0v) is 12.8. The fourth-order valence-electron chi connectivity index (χ4n) is 2.34. The predicted octanol–water partition coefficient (Wildman–Crippen LogP) is 1.35. The van der Waals surface area contributed by atoms with Crippen molar-refractivity contribution in [1.29, 1.82) is 0 Å². The van der Waals surface area contributed by atoms with E-state index in [2.05, 4.69) is 5.10 Å². The molecule has 0 aliphatic carbocycles. The van der Waals surface area contributed by atoms with Crippen molar-refractivity contribution in [2.24, 2.45) is 13.0 Å². The van der Waals surface area contributed by atoms with Gasteiger partial charge in [0, 0.05) is 18.5 Å². The third-order valence-corrected chi connectivity index (χ3v) is 5.21. The molecule has 1 fully saturated rings. The van der Waals surface area contributed by atoms with Crippen LogP contribution in [0.5, 0.6) is 0 Å². The minimum Gasteiger partial charge on any atom is -0.480 e. The summed E-state index contributed by atoms with van der Waals surface area (Å²) in [5.74, 6) is -0.559. The summed E-state index contributed by atoms with van der Waals surface area (Å²) in [7, 11) is 1.76. The zero-order chi connectivity index (χ0) is 15.0. The molecule has 1 amide bonds. The third kappa shape index (κ3) is 2.42. The minimum atomic E-state index is -0.949. The molecule has 7 heteroatoms. The Morgan fingerprint density at radius 1 is 1.50 bits per heavy atom. The number of hydrogen-bond donors (Lipinski definition) is 1. The van der Waals surface area contributed by atoms with E-state index in [-0.39, 0.29) is 17.2 Å². The summed E-state index contributed by atoms with van der Waals surface area (Å²) >= 11 is 1.53. The third-order valence-electron chi connectivity index (χ3n) is 3.59. The summed E-state index contributed by atoms with van der Waals surface area (Å²) in [6.45, 7) is 5.81. The Morgan fingerprint density at radius 2 is 2.15 bits per heavy atom. The summed E-state index contributed by atoms with van der Waals surface area (Å²) in [5.41, 5.74) is 1.23. The molecule has 0 spiro atoms. The van der Waals surface area contributed by atoms with Crippen LogP contribution >= 0.6 is 11.8 Å². The highest BCUT2D eigenvalue weighted by Gasteiger charge is 2.43. The van der Waals surface area contributed by atoms with Gasteiger partial charge in [0.05, 0.1) is 17.1 Å². The lowest BCUT2D eigenvalue weighted by atomic mass is 10.1. The summed E-state index contributed by atoms with van der Waals surface area (Å²) in [5, 5.41) is 13.3. The predicted molar refractivity (Wildman–Crippen MR) is 76.6 cm³/mol. The van der Waals surface area contributed by atoms with Crippen molar-refractivity contribution >= 4 is 23.6 Å². The highest BCUT2D eigenvalue weighted by atomic mass is 32.2. The molecular weight excluding hydrogens is 278 g/mol. The molecule has 1 N–H and O–H groups in total. The first-order valence-corrected chi connectivity index (χ1v) is 7.55. The van der Waals surface area contributed by atoms with Crippen LogP contribution in [0.2, 0.25) is 0 Å². The van der Waals surface area contributed by atoms with Crippen LogP contribution < -0.4 is 0 Å². The molecule has 1 saturated heterocycles. The van der Waals surface area contributed by atoms with Gasteiger partial charge in [-0.1, -0.05) is 13.8 Å². The second-order valence-corrected chi connectivity index (χ2v) is 6.45. The molecule has 2 unspecified atom stereocenters. The van der Waals surface area contributed by atoms with Gasteiger partial charge in [-0.2, -0.15) is 5.10 Å². The van der Waals surface area contributed by atoms with Crippen molar-refractivity contribution in [1.82, 2.24) is 14.7 Å². The van der Waals surface area contributed by atoms with Gasteiger partial charge in [-0.3, -0.25) is 9.48 Å². The quantitative estimate of drug-likeness (QED) is 0.911. The Balaban J connectivity index is 2.37. The Labute approximate surface area is 122 Å². The molecule has 1 aromatic heterocycles. The van der Waals surface area contributed by atoms with E-state index in [1.54, 1.807) is 11.7 Å². The lowest BCUT2D eigenvalue weighted by Crippen LogP contribution is -2.47. The van der Waals surface area contributed by atoms with E-state index in [0.29, 0.717) is 11.3 Å². The average molecular weight is 297 g/mol. The Morgan fingerprint density at radius 3 is 2.60 bits per heavy atom. The lowest BCUT2D eigenvalue weighted by molar-refractivity contribution is -0.141. The highest BCUT2D eigenvalue weighted by molar-refractivity contribution is 8.00. The number of carboxylic acids is 1. The van der Waals surface area contributed by atoms with Crippen LogP contribution in [0.4, 0.5) is 0 Å². The van der Waals surface area contributed by atoms with Crippen molar-refractivity contribution in [3.8, 4) is 0 Å². The van der Waals surface area contributed by atoms with Crippen LogP contribution in [0, 0.1) is 12.8 Å². The molecule has 0 bridgehead atoms. The average Bonchev–Trinajstić information content (AvgIpc) is 2.94. The Bertz CT molecular complexity index is 541. The van der Waals surface area contributed by atoms with E-state index in [9.17, 15) is 14.7 Å². The van der Waals surface area contributed by atoms with Gasteiger partial charge in [0.2, 0.25) is 0 Å². The van der Waals surface area contributed by atoms with Crippen molar-refractivity contribution in [2.45, 2.75) is 32.2 Å². The first-order chi connectivity index (χ1) is 9.34. The van der Waals surface area contributed by atoms with Gasteiger partial charge in [0.25, 0.3) is 5.91 Å². The molecular formula is C13H19N3O3S. The number of amides is 1. The van der Waals surface area contributed by atoms with E-state index < -0.39 is 12.0 Å². The summed E-state index contributed by atoms with van der Waals surface area (Å²) < 4.78 is 1.62. The first kappa shape index (κ1) is 14.9. The van der Waals surface area contributed by atoms with Crippen molar-refractivity contribution < 1.29 is 14.7 Å². The number of carbonyl (C=O) groups is 2. The second-order valence-electron chi connectivity index (χ2n) is 5.30. The minimum absolute atomic E-state index is 0.108. The van der Waals surface area contributed by atoms with E-state index in [1.807, 2.05) is 20.8 Å². The van der Waals surface area contributed by atoms with Crippen molar-refractivity contribution in [3.63, 3.8) is 0 Å². The molecule has 0 aromatic carbocycles. The zero-order valence-electron chi connectivity index (χ0n) is 12.0. The number of hydrogen-bond acceptors (Lipinski definition) is 4. The lowest BCUT2D eigenvalue weighted by Gasteiger charge is -2.29. The number of rotatable bonds is 3. The van der Waals surface area contributed by atoms with Crippen LogP contribution in [0.15, 0.2) is 6.20 Å². The summed E-state index contributed by atoms with van der Waals surface area (Å²) in [6.07, 6.45) is 1.51. The molecule has 110 valence electrons. The number of nitrogens with zero attached hydrogens (tertiary/aromatic N) is 3. The number of thioether (sulfide) groups is 1. The highest BCUT2D eigenvalue weighted by Crippen LogP contribution is 2.35. The smallest absolute Gasteiger partial charge is 0.327 e. The van der Waals surface area contributed by atoms with Gasteiger partial charge in [-0.15, -0.1) is 11.8 Å².